The Morgan fingerprint density at radius 3 is 2.35 bits per heavy atom. The van der Waals surface area contributed by atoms with E-state index >= 15 is 0 Å². The Balaban J connectivity index is 2.04. The van der Waals surface area contributed by atoms with Gasteiger partial charge in [0.05, 0.1) is 6.61 Å². The Hall–Kier alpha value is -1.76. The van der Waals surface area contributed by atoms with Crippen molar-refractivity contribution in [3.63, 3.8) is 0 Å². The lowest BCUT2D eigenvalue weighted by molar-refractivity contribution is 0.306. The summed E-state index contributed by atoms with van der Waals surface area (Å²) in [5, 5.41) is 0. The van der Waals surface area contributed by atoms with E-state index in [4.69, 9.17) is 4.74 Å². The van der Waals surface area contributed by atoms with Crippen LogP contribution in [0.15, 0.2) is 48.5 Å². The van der Waals surface area contributed by atoms with Crippen LogP contribution in [0.3, 0.4) is 0 Å². The van der Waals surface area contributed by atoms with Gasteiger partial charge in [-0.3, -0.25) is 0 Å². The van der Waals surface area contributed by atoms with Crippen molar-refractivity contribution >= 4 is 0 Å². The van der Waals surface area contributed by atoms with Crippen molar-refractivity contribution in [3.8, 4) is 16.9 Å². The topological polar surface area (TPSA) is 9.23 Å². The number of hydrogen-bond donors (Lipinski definition) is 0. The van der Waals surface area contributed by atoms with Gasteiger partial charge in [0, 0.05) is 0 Å². The third kappa shape index (κ3) is 4.12. The van der Waals surface area contributed by atoms with Gasteiger partial charge in [-0.1, -0.05) is 63.1 Å². The highest BCUT2D eigenvalue weighted by Gasteiger charge is 2.00. The minimum atomic E-state index is 0.812. The number of aryl methyl sites for hydroxylation is 1. The largest absolute Gasteiger partial charge is 0.494 e. The Labute approximate surface area is 122 Å². The number of ether oxygens (including phenoxy) is 1. The van der Waals surface area contributed by atoms with Gasteiger partial charge in [0.2, 0.25) is 0 Å². The fourth-order valence-electron chi connectivity index (χ4n) is 2.24. The van der Waals surface area contributed by atoms with Crippen molar-refractivity contribution in [1.29, 1.82) is 0 Å². The van der Waals surface area contributed by atoms with E-state index in [1.807, 2.05) is 6.07 Å². The molecule has 2 rings (SSSR count). The zero-order chi connectivity index (χ0) is 14.2. The average Bonchev–Trinajstić information content (AvgIpc) is 2.52. The molecule has 2 aromatic carbocycles. The molecule has 1 nitrogen and oxygen atoms in total. The van der Waals surface area contributed by atoms with Crippen LogP contribution >= 0.6 is 0 Å². The zero-order valence-corrected chi connectivity index (χ0v) is 12.6. The summed E-state index contributed by atoms with van der Waals surface area (Å²) in [5.41, 5.74) is 3.85. The van der Waals surface area contributed by atoms with Gasteiger partial charge in [-0.25, -0.2) is 0 Å². The summed E-state index contributed by atoms with van der Waals surface area (Å²) in [7, 11) is 0. The zero-order valence-electron chi connectivity index (χ0n) is 12.6. The summed E-state index contributed by atoms with van der Waals surface area (Å²) in [6, 6.07) is 17.2. The molecule has 0 saturated heterocycles. The van der Waals surface area contributed by atoms with Crippen LogP contribution in [0.2, 0.25) is 0 Å². The van der Waals surface area contributed by atoms with E-state index in [2.05, 4.69) is 56.3 Å². The maximum atomic E-state index is 5.82. The van der Waals surface area contributed by atoms with E-state index in [0.717, 1.165) is 25.2 Å². The summed E-state index contributed by atoms with van der Waals surface area (Å²) in [6.45, 7) is 5.20. The third-order valence-corrected chi connectivity index (χ3v) is 3.55. The molecule has 2 aromatic rings. The fourth-order valence-corrected chi connectivity index (χ4v) is 2.24. The SMILES string of the molecule is CCCCCOc1cccc(-c2ccc(CC)cc2)c1. The van der Waals surface area contributed by atoms with Gasteiger partial charge in [0.1, 0.15) is 5.75 Å². The molecule has 1 heteroatoms. The lowest BCUT2D eigenvalue weighted by Crippen LogP contribution is -1.96. The second-order valence-corrected chi connectivity index (χ2v) is 5.13. The molecule has 0 aliphatic rings. The first-order chi connectivity index (χ1) is 9.83. The molecule has 0 bridgehead atoms. The summed E-state index contributed by atoms with van der Waals surface area (Å²) < 4.78 is 5.82. The van der Waals surface area contributed by atoms with Crippen molar-refractivity contribution in [2.75, 3.05) is 6.61 Å². The van der Waals surface area contributed by atoms with E-state index in [1.54, 1.807) is 0 Å². The van der Waals surface area contributed by atoms with Crippen molar-refractivity contribution in [1.82, 2.24) is 0 Å². The molecule has 0 fully saturated rings. The number of rotatable bonds is 7. The van der Waals surface area contributed by atoms with Crippen molar-refractivity contribution in [2.24, 2.45) is 0 Å². The summed E-state index contributed by atoms with van der Waals surface area (Å²) in [6.07, 6.45) is 4.68. The molecule has 0 aliphatic carbocycles. The molecule has 0 amide bonds. The van der Waals surface area contributed by atoms with E-state index in [0.29, 0.717) is 0 Å². The third-order valence-electron chi connectivity index (χ3n) is 3.55. The molecule has 0 spiro atoms. The van der Waals surface area contributed by atoms with Crippen LogP contribution in [0.5, 0.6) is 5.75 Å². The van der Waals surface area contributed by atoms with E-state index in [-0.39, 0.29) is 0 Å². The van der Waals surface area contributed by atoms with E-state index < -0.39 is 0 Å². The van der Waals surface area contributed by atoms with Crippen molar-refractivity contribution in [3.05, 3.63) is 54.1 Å². The second kappa shape index (κ2) is 7.74. The smallest absolute Gasteiger partial charge is 0.119 e. The molecule has 0 atom stereocenters. The van der Waals surface area contributed by atoms with Crippen LogP contribution < -0.4 is 4.74 Å². The molecule has 0 saturated carbocycles. The van der Waals surface area contributed by atoms with Gasteiger partial charge in [0.25, 0.3) is 0 Å². The van der Waals surface area contributed by atoms with Crippen molar-refractivity contribution in [2.45, 2.75) is 39.5 Å². The van der Waals surface area contributed by atoms with Crippen LogP contribution in [0.25, 0.3) is 11.1 Å². The lowest BCUT2D eigenvalue weighted by atomic mass is 10.0. The van der Waals surface area contributed by atoms with Crippen LogP contribution in [0.1, 0.15) is 38.7 Å². The molecular formula is C19H24O. The van der Waals surface area contributed by atoms with E-state index in [9.17, 15) is 0 Å². The van der Waals surface area contributed by atoms with Gasteiger partial charge in [-0.05, 0) is 41.7 Å². The van der Waals surface area contributed by atoms with Crippen LogP contribution in [0.4, 0.5) is 0 Å². The highest BCUT2D eigenvalue weighted by Crippen LogP contribution is 2.24. The van der Waals surface area contributed by atoms with Crippen molar-refractivity contribution < 1.29 is 4.74 Å². The maximum absolute atomic E-state index is 5.82. The van der Waals surface area contributed by atoms with Gasteiger partial charge >= 0.3 is 0 Å². The molecule has 106 valence electrons. The lowest BCUT2D eigenvalue weighted by Gasteiger charge is -2.08. The first-order valence-electron chi connectivity index (χ1n) is 7.65. The summed E-state index contributed by atoms with van der Waals surface area (Å²) in [4.78, 5) is 0. The number of benzene rings is 2. The number of hydrogen-bond acceptors (Lipinski definition) is 1. The van der Waals surface area contributed by atoms with Gasteiger partial charge < -0.3 is 4.74 Å². The maximum Gasteiger partial charge on any atom is 0.119 e. The average molecular weight is 268 g/mol. The van der Waals surface area contributed by atoms with Crippen LogP contribution in [0, 0.1) is 0 Å². The Morgan fingerprint density at radius 2 is 1.65 bits per heavy atom. The Morgan fingerprint density at radius 1 is 0.850 bits per heavy atom. The first-order valence-corrected chi connectivity index (χ1v) is 7.65. The van der Waals surface area contributed by atoms with Gasteiger partial charge in [-0.15, -0.1) is 0 Å². The van der Waals surface area contributed by atoms with Crippen LogP contribution in [-0.2, 0) is 6.42 Å². The molecule has 0 radical (unpaired) electrons. The number of unbranched alkanes of at least 4 members (excludes halogenated alkanes) is 2. The predicted octanol–water partition coefficient (Wildman–Crippen LogP) is 5.49. The highest BCUT2D eigenvalue weighted by atomic mass is 16.5. The second-order valence-electron chi connectivity index (χ2n) is 5.13. The molecule has 0 unspecified atom stereocenters. The minimum Gasteiger partial charge on any atom is -0.494 e. The highest BCUT2D eigenvalue weighted by molar-refractivity contribution is 5.65. The van der Waals surface area contributed by atoms with Crippen LogP contribution in [-0.4, -0.2) is 6.61 Å². The Kier molecular flexibility index (Phi) is 5.67. The fraction of sp³-hybridized carbons (Fsp3) is 0.368. The molecule has 20 heavy (non-hydrogen) atoms. The van der Waals surface area contributed by atoms with Gasteiger partial charge in [-0.2, -0.15) is 0 Å². The minimum absolute atomic E-state index is 0.812. The molecule has 0 aliphatic heterocycles. The summed E-state index contributed by atoms with van der Waals surface area (Å²) >= 11 is 0. The monoisotopic (exact) mass is 268 g/mol. The quantitative estimate of drug-likeness (QED) is 0.604. The predicted molar refractivity (Wildman–Crippen MR) is 86.3 cm³/mol. The first kappa shape index (κ1) is 14.6. The van der Waals surface area contributed by atoms with Gasteiger partial charge in [0.15, 0.2) is 0 Å². The molecular weight excluding hydrogens is 244 g/mol. The molecule has 0 N–H and O–H groups in total. The normalized spacial score (nSPS) is 10.5. The standard InChI is InChI=1S/C19H24O/c1-3-5-6-14-20-19-9-7-8-18(15-19)17-12-10-16(4-2)11-13-17/h7-13,15H,3-6,14H2,1-2H3. The molecule has 0 aromatic heterocycles. The summed E-state index contributed by atoms with van der Waals surface area (Å²) in [5.74, 6) is 0.971. The Bertz CT molecular complexity index is 514. The van der Waals surface area contributed by atoms with E-state index in [1.165, 1.54) is 29.5 Å². The molecule has 0 heterocycles.